The van der Waals surface area contributed by atoms with Crippen molar-refractivity contribution in [2.75, 3.05) is 0 Å². The lowest BCUT2D eigenvalue weighted by molar-refractivity contribution is 0.792. The van der Waals surface area contributed by atoms with Crippen LogP contribution in [0.15, 0.2) is 89.9 Å². The maximum Gasteiger partial charge on any atom is 0.260 e. The molecule has 2 aromatic carbocycles. The van der Waals surface area contributed by atoms with Crippen LogP contribution < -0.4 is 5.56 Å². The average Bonchev–Trinajstić information content (AvgIpc) is 3.54. The van der Waals surface area contributed by atoms with Crippen molar-refractivity contribution in [1.29, 1.82) is 0 Å². The van der Waals surface area contributed by atoms with Gasteiger partial charge < -0.3 is 4.57 Å². The van der Waals surface area contributed by atoms with Crippen molar-refractivity contribution in [2.24, 2.45) is 0 Å². The normalized spacial score (nSPS) is 11.2. The molecule has 8 nitrogen and oxygen atoms in total. The number of aryl methyl sites for hydroxylation is 2. The Balaban J connectivity index is 1.46. The molecule has 6 rings (SSSR count). The fourth-order valence-corrected chi connectivity index (χ4v) is 4.98. The Morgan fingerprint density at radius 2 is 1.64 bits per heavy atom. The molecule has 0 aliphatic heterocycles. The summed E-state index contributed by atoms with van der Waals surface area (Å²) in [5.41, 5.74) is 8.00. The van der Waals surface area contributed by atoms with Crippen LogP contribution in [0.4, 0.5) is 0 Å². The lowest BCUT2D eigenvalue weighted by atomic mass is 9.98. The van der Waals surface area contributed by atoms with E-state index in [0.717, 1.165) is 57.4 Å². The number of hydrogen-bond donors (Lipinski definition) is 1. The molecule has 0 saturated heterocycles. The van der Waals surface area contributed by atoms with E-state index in [1.165, 1.54) is 0 Å². The van der Waals surface area contributed by atoms with Crippen LogP contribution in [-0.4, -0.2) is 35.2 Å². The highest BCUT2D eigenvalue weighted by atomic mass is 16.1. The standard InChI is InChI=1S/C31H27N7O/c1-3-22-17-29-25(27(4-2)33-22)18-26(28-11-7-8-16-32-28)31(39)38(29)19-20-12-14-21(15-13-20)23-9-5-6-10-24(23)30-34-36-37-35-30/h5-18H,3-4,19H2,1-2H3,(H,34,35,36,37). The average molecular weight is 514 g/mol. The number of fused-ring (bicyclic) bond motifs is 1. The summed E-state index contributed by atoms with van der Waals surface area (Å²) in [6.45, 7) is 4.62. The molecule has 0 radical (unpaired) electrons. The lowest BCUT2D eigenvalue weighted by Gasteiger charge is -2.16. The fourth-order valence-electron chi connectivity index (χ4n) is 4.98. The number of nitrogens with one attached hydrogen (secondary N) is 1. The summed E-state index contributed by atoms with van der Waals surface area (Å²) in [6.07, 6.45) is 3.29. The van der Waals surface area contributed by atoms with Gasteiger partial charge in [-0.05, 0) is 59.0 Å². The minimum atomic E-state index is -0.0666. The Morgan fingerprint density at radius 3 is 2.33 bits per heavy atom. The van der Waals surface area contributed by atoms with Gasteiger partial charge >= 0.3 is 0 Å². The zero-order chi connectivity index (χ0) is 26.8. The van der Waals surface area contributed by atoms with Crippen molar-refractivity contribution in [1.82, 2.24) is 35.2 Å². The minimum absolute atomic E-state index is 0.0666. The molecule has 0 aliphatic rings. The zero-order valence-electron chi connectivity index (χ0n) is 21.8. The molecule has 0 aliphatic carbocycles. The van der Waals surface area contributed by atoms with Crippen molar-refractivity contribution in [3.05, 3.63) is 112 Å². The molecule has 0 saturated carbocycles. The Bertz CT molecular complexity index is 1810. The van der Waals surface area contributed by atoms with Crippen molar-refractivity contribution in [3.63, 3.8) is 0 Å². The SMILES string of the molecule is CCc1cc2c(cc(-c3ccccn3)c(=O)n2Cc2ccc(-c3ccccc3-c3nn[nH]n3)cc2)c(CC)n1. The van der Waals surface area contributed by atoms with Gasteiger partial charge in [-0.25, -0.2) is 0 Å². The highest BCUT2D eigenvalue weighted by Gasteiger charge is 2.16. The third-order valence-electron chi connectivity index (χ3n) is 6.98. The topological polar surface area (TPSA) is 102 Å². The van der Waals surface area contributed by atoms with Crippen LogP contribution in [0.2, 0.25) is 0 Å². The number of aromatic nitrogens is 7. The molecule has 8 heteroatoms. The third kappa shape index (κ3) is 4.61. The summed E-state index contributed by atoms with van der Waals surface area (Å²) in [4.78, 5) is 23.3. The lowest BCUT2D eigenvalue weighted by Crippen LogP contribution is -2.24. The van der Waals surface area contributed by atoms with Gasteiger partial charge in [0.15, 0.2) is 0 Å². The van der Waals surface area contributed by atoms with Crippen molar-refractivity contribution in [2.45, 2.75) is 33.2 Å². The largest absolute Gasteiger partial charge is 0.303 e. The van der Waals surface area contributed by atoms with Crippen molar-refractivity contribution in [3.8, 4) is 33.8 Å². The molecule has 0 amide bonds. The van der Waals surface area contributed by atoms with Gasteiger partial charge in [0, 0.05) is 28.5 Å². The first-order valence-electron chi connectivity index (χ1n) is 13.1. The van der Waals surface area contributed by atoms with E-state index < -0.39 is 0 Å². The van der Waals surface area contributed by atoms with E-state index in [9.17, 15) is 4.79 Å². The summed E-state index contributed by atoms with van der Waals surface area (Å²) in [5.74, 6) is 0.547. The number of rotatable bonds is 7. The van der Waals surface area contributed by atoms with Gasteiger partial charge in [-0.15, -0.1) is 10.2 Å². The summed E-state index contributed by atoms with van der Waals surface area (Å²) in [5, 5.41) is 15.5. The monoisotopic (exact) mass is 513 g/mol. The molecule has 6 aromatic rings. The minimum Gasteiger partial charge on any atom is -0.303 e. The maximum atomic E-state index is 13.9. The first-order valence-corrected chi connectivity index (χ1v) is 13.1. The second-order valence-electron chi connectivity index (χ2n) is 9.34. The number of hydrogen-bond acceptors (Lipinski definition) is 6. The van der Waals surface area contributed by atoms with E-state index in [4.69, 9.17) is 4.98 Å². The van der Waals surface area contributed by atoms with Gasteiger partial charge in [-0.2, -0.15) is 5.21 Å². The predicted octanol–water partition coefficient (Wildman–Crippen LogP) is 5.48. The molecule has 4 aromatic heterocycles. The van der Waals surface area contributed by atoms with Crippen LogP contribution in [-0.2, 0) is 19.4 Å². The number of aromatic amines is 1. The smallest absolute Gasteiger partial charge is 0.260 e. The van der Waals surface area contributed by atoms with Crippen molar-refractivity contribution < 1.29 is 0 Å². The molecule has 39 heavy (non-hydrogen) atoms. The van der Waals surface area contributed by atoms with Crippen LogP contribution in [0.1, 0.15) is 30.8 Å². The van der Waals surface area contributed by atoms with E-state index in [0.29, 0.717) is 23.6 Å². The molecule has 0 bridgehead atoms. The fraction of sp³-hybridized carbons (Fsp3) is 0.161. The quantitative estimate of drug-likeness (QED) is 0.303. The zero-order valence-corrected chi connectivity index (χ0v) is 21.8. The molecule has 192 valence electrons. The van der Waals surface area contributed by atoms with Gasteiger partial charge in [-0.3, -0.25) is 14.8 Å². The summed E-state index contributed by atoms with van der Waals surface area (Å²) < 4.78 is 1.86. The van der Waals surface area contributed by atoms with Crippen molar-refractivity contribution >= 4 is 10.9 Å². The Hall–Kier alpha value is -4.98. The first-order chi connectivity index (χ1) is 19.2. The third-order valence-corrected chi connectivity index (χ3v) is 6.98. The molecular formula is C31H27N7O. The Kier molecular flexibility index (Phi) is 6.50. The number of H-pyrrole nitrogens is 1. The van der Waals surface area contributed by atoms with Gasteiger partial charge in [0.2, 0.25) is 5.82 Å². The molecule has 0 atom stereocenters. The van der Waals surface area contributed by atoms with Gasteiger partial charge in [0.1, 0.15) is 0 Å². The van der Waals surface area contributed by atoms with E-state index >= 15 is 0 Å². The molecule has 0 unspecified atom stereocenters. The second kappa shape index (κ2) is 10.4. The summed E-state index contributed by atoms with van der Waals surface area (Å²) in [7, 11) is 0. The number of pyridine rings is 3. The molecule has 0 fully saturated rings. The first kappa shape index (κ1) is 24.4. The second-order valence-corrected chi connectivity index (χ2v) is 9.34. The van der Waals surface area contributed by atoms with Crippen LogP contribution >= 0.6 is 0 Å². The van der Waals surface area contributed by atoms with Gasteiger partial charge in [0.05, 0.1) is 23.3 Å². The summed E-state index contributed by atoms with van der Waals surface area (Å²) >= 11 is 0. The van der Waals surface area contributed by atoms with E-state index in [-0.39, 0.29) is 5.56 Å². The van der Waals surface area contributed by atoms with Gasteiger partial charge in [0.25, 0.3) is 5.56 Å². The van der Waals surface area contributed by atoms with Crippen LogP contribution in [0.25, 0.3) is 44.7 Å². The maximum absolute atomic E-state index is 13.9. The highest BCUT2D eigenvalue weighted by molar-refractivity contribution is 5.86. The highest BCUT2D eigenvalue weighted by Crippen LogP contribution is 2.30. The van der Waals surface area contributed by atoms with E-state index in [2.05, 4.69) is 63.7 Å². The van der Waals surface area contributed by atoms with Gasteiger partial charge in [-0.1, -0.05) is 68.4 Å². The Labute approximate surface area is 225 Å². The predicted molar refractivity (Wildman–Crippen MR) is 152 cm³/mol. The van der Waals surface area contributed by atoms with Crippen LogP contribution in [0.3, 0.4) is 0 Å². The van der Waals surface area contributed by atoms with Crippen LogP contribution in [0, 0.1) is 0 Å². The Morgan fingerprint density at radius 1 is 0.846 bits per heavy atom. The number of tetrazole rings is 1. The van der Waals surface area contributed by atoms with Crippen LogP contribution in [0.5, 0.6) is 0 Å². The summed E-state index contributed by atoms with van der Waals surface area (Å²) in [6, 6.07) is 25.9. The number of benzene rings is 2. The molecule has 0 spiro atoms. The van der Waals surface area contributed by atoms with E-state index in [1.807, 2.05) is 59.2 Å². The molecule has 1 N–H and O–H groups in total. The molecule has 4 heterocycles. The van der Waals surface area contributed by atoms with E-state index in [1.54, 1.807) is 6.20 Å². The number of nitrogens with zero attached hydrogens (tertiary/aromatic N) is 6. The molecular weight excluding hydrogens is 486 g/mol.